The average molecular weight is 1300 g/mol. The van der Waals surface area contributed by atoms with Crippen molar-refractivity contribution in [2.24, 2.45) is 27.9 Å². The van der Waals surface area contributed by atoms with E-state index in [4.69, 9.17) is 22.9 Å². The third-order valence-corrected chi connectivity index (χ3v) is 15.0. The number of rotatable bonds is 33. The minimum Gasteiger partial charge on any atom is -0.504 e. The van der Waals surface area contributed by atoms with Crippen molar-refractivity contribution in [2.45, 2.75) is 145 Å². The zero-order chi connectivity index (χ0) is 68.1. The number of piperidine rings is 1. The number of hydroxylamine groups is 2. The molecule has 0 aromatic rings. The number of phenols is 1. The van der Waals surface area contributed by atoms with E-state index in [1.165, 1.54) is 29.4 Å². The number of hydrogen-bond acceptors (Lipinski definition) is 22. The van der Waals surface area contributed by atoms with Gasteiger partial charge < -0.3 is 101 Å². The highest BCUT2D eigenvalue weighted by Gasteiger charge is 2.38. The minimum absolute atomic E-state index is 0.00732. The number of carbonyl (C=O) groups excluding carboxylic acids is 14. The van der Waals surface area contributed by atoms with Crippen molar-refractivity contribution in [1.29, 1.82) is 0 Å². The van der Waals surface area contributed by atoms with Gasteiger partial charge in [-0.25, -0.2) is 5.06 Å². The summed E-state index contributed by atoms with van der Waals surface area (Å²) in [7, 11) is 1.59. The number of nitrogens with zero attached hydrogens (tertiary/aromatic N) is 4. The summed E-state index contributed by atoms with van der Waals surface area (Å²) >= 11 is 0. The highest BCUT2D eigenvalue weighted by atomic mass is 16.5. The van der Waals surface area contributed by atoms with Crippen LogP contribution >= 0.6 is 0 Å². The molecule has 37 nitrogen and oxygen atoms in total. The molecule has 5 rings (SSSR count). The third-order valence-electron chi connectivity index (χ3n) is 15.0. The summed E-state index contributed by atoms with van der Waals surface area (Å²) in [5.74, 6) is -12.9. The van der Waals surface area contributed by atoms with E-state index in [9.17, 15) is 87.3 Å². The van der Waals surface area contributed by atoms with Gasteiger partial charge in [0.15, 0.2) is 5.75 Å². The lowest BCUT2D eigenvalue weighted by atomic mass is 10.0. The van der Waals surface area contributed by atoms with Crippen LogP contribution in [0.1, 0.15) is 96.9 Å². The lowest BCUT2D eigenvalue weighted by Gasteiger charge is -2.34. The molecule has 14 amide bonds. The molecule has 504 valence electrons. The summed E-state index contributed by atoms with van der Waals surface area (Å²) in [4.78, 5) is 200. The van der Waals surface area contributed by atoms with E-state index in [-0.39, 0.29) is 97.7 Å². The second kappa shape index (κ2) is 34.2. The van der Waals surface area contributed by atoms with Gasteiger partial charge in [-0.05, 0) is 83.9 Å². The molecule has 0 saturated carbocycles. The molecule has 1 saturated heterocycles. The number of likely N-dealkylation sites (N-methyl/N-ethyl adjacent to an activating group) is 1. The lowest BCUT2D eigenvalue weighted by molar-refractivity contribution is -0.180. The van der Waals surface area contributed by atoms with Crippen LogP contribution in [0.3, 0.4) is 0 Å². The number of unbranched alkanes of at least 4 members (excludes halogenated alkanes) is 1. The van der Waals surface area contributed by atoms with Gasteiger partial charge in [-0.2, -0.15) is 0 Å². The fraction of sp³-hybridized carbons (Fsp3) is 0.564. The largest absolute Gasteiger partial charge is 0.504 e. The second-order valence-corrected chi connectivity index (χ2v) is 22.2. The average Bonchev–Trinajstić information content (AvgIpc) is 0.753. The predicted octanol–water partition coefficient (Wildman–Crippen LogP) is -7.74. The minimum atomic E-state index is -2.09. The van der Waals surface area contributed by atoms with E-state index in [0.717, 1.165) is 12.1 Å². The molecule has 37 heteroatoms. The molecule has 4 heterocycles. The van der Waals surface area contributed by atoms with E-state index in [1.54, 1.807) is 7.05 Å². The fourth-order valence-electron chi connectivity index (χ4n) is 9.98. The van der Waals surface area contributed by atoms with Crippen molar-refractivity contribution in [2.75, 3.05) is 63.6 Å². The van der Waals surface area contributed by atoms with Crippen LogP contribution in [0.15, 0.2) is 28.0 Å². The number of aliphatic hydroxyl groups is 1. The molecule has 22 N–H and O–H groups in total. The molecular formula is C55H81N19O18. The van der Waals surface area contributed by atoms with Gasteiger partial charge in [-0.15, -0.1) is 0 Å². The number of nitrogens with one attached hydrogen (secondary N) is 11. The Bertz CT molecular complexity index is 3190. The molecule has 1 unspecified atom stereocenters. The lowest BCUT2D eigenvalue weighted by Crippen LogP contribution is -2.61. The van der Waals surface area contributed by atoms with Crippen molar-refractivity contribution in [3.05, 3.63) is 28.4 Å². The maximum Gasteiger partial charge on any atom is 0.266 e. The van der Waals surface area contributed by atoms with Crippen LogP contribution in [0.5, 0.6) is 5.75 Å². The normalized spacial score (nSPS) is 17.9. The molecule has 92 heavy (non-hydrogen) atoms. The van der Waals surface area contributed by atoms with Gasteiger partial charge in [-0.3, -0.25) is 82.1 Å². The Balaban J connectivity index is 1.17. The number of hydrogen-bond donors (Lipinski definition) is 18. The monoisotopic (exact) mass is 1300 g/mol. The number of anilines is 2. The number of primary amides is 3. The summed E-state index contributed by atoms with van der Waals surface area (Å²) in [5, 5.41) is 59.1. The molecule has 1 fully saturated rings. The van der Waals surface area contributed by atoms with Gasteiger partial charge in [0.25, 0.3) is 5.91 Å². The van der Waals surface area contributed by atoms with E-state index in [0.29, 0.717) is 32.2 Å². The van der Waals surface area contributed by atoms with Crippen molar-refractivity contribution in [3.63, 3.8) is 0 Å². The molecular weight excluding hydrogens is 1210 g/mol. The van der Waals surface area contributed by atoms with Crippen LogP contribution in [0.2, 0.25) is 0 Å². The summed E-state index contributed by atoms with van der Waals surface area (Å²) in [6.07, 6.45) is -0.442. The quantitative estimate of drug-likeness (QED) is 0.0179. The number of aliphatic imine (C=N–C) groups is 1. The molecule has 9 atom stereocenters. The van der Waals surface area contributed by atoms with Gasteiger partial charge in [0.1, 0.15) is 60.0 Å². The van der Waals surface area contributed by atoms with Crippen molar-refractivity contribution >= 4 is 100 Å². The number of fused-ring (bicyclic) bond motifs is 3. The number of aromatic nitrogens is 1. The van der Waals surface area contributed by atoms with Gasteiger partial charge in [0.2, 0.25) is 82.2 Å². The molecule has 0 aromatic carbocycles. The summed E-state index contributed by atoms with van der Waals surface area (Å²) in [6.45, 7) is 0.689. The van der Waals surface area contributed by atoms with E-state index in [1.807, 2.05) is 0 Å². The van der Waals surface area contributed by atoms with Crippen molar-refractivity contribution < 1.29 is 82.5 Å². The molecule has 0 aromatic heterocycles. The molecule has 4 aliphatic heterocycles. The smallest absolute Gasteiger partial charge is 0.266 e. The number of amidine groups is 1. The first-order valence-electron chi connectivity index (χ1n) is 29.6. The number of likely N-dealkylation sites (tertiary alicyclic amines) is 1. The second-order valence-electron chi connectivity index (χ2n) is 22.2. The molecule has 0 radical (unpaired) electrons. The predicted molar refractivity (Wildman–Crippen MR) is 323 cm³/mol. The number of phenolic OH excluding ortho intramolecular Hbond substituents is 1. The maximum atomic E-state index is 14.1. The number of benzene rings is 1. The van der Waals surface area contributed by atoms with Gasteiger partial charge in [0, 0.05) is 57.6 Å². The Hall–Kier alpha value is -10.0. The first-order valence-corrected chi connectivity index (χ1v) is 29.6. The van der Waals surface area contributed by atoms with Gasteiger partial charge in [-0.1, -0.05) is 0 Å². The molecule has 0 spiro atoms. The summed E-state index contributed by atoms with van der Waals surface area (Å²) in [5.41, 5.74) is 21.4. The summed E-state index contributed by atoms with van der Waals surface area (Å²) < 4.78 is 1.42. The Labute approximate surface area is 525 Å². The van der Waals surface area contributed by atoms with Crippen molar-refractivity contribution in [3.8, 4) is 17.0 Å². The first kappa shape index (κ1) is 72.7. The zero-order valence-corrected chi connectivity index (χ0v) is 50.9. The van der Waals surface area contributed by atoms with Crippen LogP contribution in [0, 0.1) is 0 Å². The topological polar surface area (TPSA) is 577 Å². The molecule has 5 aliphatic rings. The van der Waals surface area contributed by atoms with Gasteiger partial charge in [0.05, 0.1) is 43.5 Å². The van der Waals surface area contributed by atoms with E-state index < -0.39 is 175 Å². The molecule has 1 aliphatic carbocycles. The number of pyridine rings is 1. The third kappa shape index (κ3) is 20.8. The highest BCUT2D eigenvalue weighted by Crippen LogP contribution is 2.40. The Kier molecular flexibility index (Phi) is 27.1. The SMILES string of the molecule is C[C@@H](NC(=O)[C@H](CO)NC(=O)C1CCN=C([C@@H](CCC(N)=O)NC(=O)[C@H](CC(N)=O)N(O)C(=O)CNC(=O)CNC(=O)[C@@H](CCCCN)NC(=O)[C@@H](C)NC(=O)[C@@H]2CCNc3c(NC(=O)CCC(N)=O)cc4cc(O)c(=O)cc-4n32)N1)C(=O)N[C@H]1CCCN(C)C1=O. The fourth-order valence-corrected chi connectivity index (χ4v) is 9.98. The first-order chi connectivity index (χ1) is 43.5. The number of aliphatic hydroxyl groups excluding tert-OH is 1. The standard InChI is InChI=1S/C55H81N19O18/c1-26(49(85)70-32-8-6-18-72(3)55(32)91)64-52(88)34(25-75)71-51(87)31-13-16-60-46(67-31)29(9-10-40(57)78)68-54(90)37(22-42(59)80)74(92)45(83)24-62-44(82)23-63-50(86)30(7-4-5-15-56)69-48(84)27(2)65-53(89)35-14-17-61-47-33(66-43(81)12-11-41(58)79)19-28-20-38(76)39(77)21-36(28)73(35)47/h19-21,26-27,29-32,34-35,37,61,75-76,92H,4-18,22-25,56H2,1-3H3,(H2,57,78)(H2,58,79)(H2,59,80)(H,60,67)(H,62,82)(H,63,86)(H,64,88)(H,65,89)(H,66,81)(H,68,90)(H,69,84)(H,70,85)(H,71,87)/t26-,27-,29-,30-,31?,32+,34+,35+,37+/m1/s1. The van der Waals surface area contributed by atoms with Crippen LogP contribution < -0.4 is 86.8 Å². The van der Waals surface area contributed by atoms with Gasteiger partial charge >= 0.3 is 0 Å². The maximum absolute atomic E-state index is 14.1. The van der Waals surface area contributed by atoms with Crippen molar-refractivity contribution in [1.82, 2.24) is 62.4 Å². The number of carbonyl (C=O) groups is 14. The van der Waals surface area contributed by atoms with E-state index >= 15 is 0 Å². The van der Waals surface area contributed by atoms with Crippen LogP contribution in [0.25, 0.3) is 11.3 Å². The Morgan fingerprint density at radius 3 is 2.12 bits per heavy atom. The van der Waals surface area contributed by atoms with Crippen LogP contribution in [-0.4, -0.2) is 220 Å². The molecule has 0 bridgehead atoms. The van der Waals surface area contributed by atoms with Crippen LogP contribution in [0.4, 0.5) is 11.5 Å². The Morgan fingerprint density at radius 1 is 0.739 bits per heavy atom. The highest BCUT2D eigenvalue weighted by molar-refractivity contribution is 6.01. The number of amides is 14. The van der Waals surface area contributed by atoms with Crippen LogP contribution in [-0.2, 0) is 67.1 Å². The zero-order valence-electron chi connectivity index (χ0n) is 50.9. The summed E-state index contributed by atoms with van der Waals surface area (Å²) in [6, 6.07) is -8.30. The number of aromatic hydroxyl groups is 1. The Morgan fingerprint density at radius 2 is 1.45 bits per heavy atom. The number of nitrogens with two attached hydrogens (primary N) is 4. The van der Waals surface area contributed by atoms with E-state index in [2.05, 4.69) is 63.5 Å².